The van der Waals surface area contributed by atoms with Crippen LogP contribution < -0.4 is 0 Å². The van der Waals surface area contributed by atoms with Crippen LogP contribution in [0.2, 0.25) is 0 Å². The molecule has 1 rings (SSSR count). The maximum Gasteiger partial charge on any atom is 0.381 e. The maximum absolute atomic E-state index is 17.1. The lowest BCUT2D eigenvalue weighted by Crippen LogP contribution is -2.34. The second-order valence-electron chi connectivity index (χ2n) is 8.02. The van der Waals surface area contributed by atoms with Crippen LogP contribution in [0.4, 0.5) is 4.39 Å². The van der Waals surface area contributed by atoms with Gasteiger partial charge in [0, 0.05) is 23.3 Å². The molecule has 0 saturated carbocycles. The van der Waals surface area contributed by atoms with Crippen molar-refractivity contribution in [2.45, 2.75) is 91.4 Å². The molecule has 0 radical (unpaired) electrons. The van der Waals surface area contributed by atoms with Gasteiger partial charge in [-0.1, -0.05) is 0 Å². The van der Waals surface area contributed by atoms with Crippen molar-refractivity contribution < 1.29 is 31.6 Å². The normalized spacial score (nSPS) is 13.8. The first-order chi connectivity index (χ1) is 13.6. The molecular weight excluding hydrogens is 499 g/mol. The fourth-order valence-corrected chi connectivity index (χ4v) is 8.53. The van der Waals surface area contributed by atoms with Crippen LogP contribution >= 0.6 is 31.1 Å². The van der Waals surface area contributed by atoms with Gasteiger partial charge in [-0.15, -0.1) is 0 Å². The quantitative estimate of drug-likeness (QED) is 0.266. The summed E-state index contributed by atoms with van der Waals surface area (Å²) in [5.74, 6) is 0. The van der Waals surface area contributed by atoms with Crippen LogP contribution in [0.5, 0.6) is 0 Å². The molecule has 174 valence electrons. The van der Waals surface area contributed by atoms with E-state index in [1.54, 1.807) is 61.5 Å². The minimum atomic E-state index is -4.69. The highest BCUT2D eigenvalue weighted by Crippen LogP contribution is 2.80. The summed E-state index contributed by atoms with van der Waals surface area (Å²) in [6.07, 6.45) is -0.369. The first-order valence-electron chi connectivity index (χ1n) is 9.86. The Kier molecular flexibility index (Phi) is 10.3. The first kappa shape index (κ1) is 27.9. The van der Waals surface area contributed by atoms with Gasteiger partial charge in [-0.3, -0.25) is 14.1 Å². The molecule has 0 aliphatic heterocycles. The molecule has 1 aromatic rings. The number of hydrogen-bond donors (Lipinski definition) is 0. The van der Waals surface area contributed by atoms with E-state index in [4.69, 9.17) is 18.1 Å². The zero-order valence-electron chi connectivity index (χ0n) is 18.8. The molecule has 7 nitrogen and oxygen atoms in total. The van der Waals surface area contributed by atoms with Crippen LogP contribution in [0.3, 0.4) is 0 Å². The zero-order chi connectivity index (χ0) is 23.3. The number of alkyl halides is 1. The van der Waals surface area contributed by atoms with E-state index in [0.717, 1.165) is 0 Å². The molecule has 0 aromatic carbocycles. The smallest absolute Gasteiger partial charge is 0.303 e. The van der Waals surface area contributed by atoms with E-state index in [2.05, 4.69) is 20.9 Å². The van der Waals surface area contributed by atoms with Gasteiger partial charge < -0.3 is 18.1 Å². The Morgan fingerprint density at radius 1 is 0.867 bits per heavy atom. The zero-order valence-corrected chi connectivity index (χ0v) is 22.2. The second kappa shape index (κ2) is 11.1. The van der Waals surface area contributed by atoms with E-state index in [1.165, 1.54) is 12.4 Å². The Morgan fingerprint density at radius 2 is 1.23 bits per heavy atom. The molecule has 0 aliphatic carbocycles. The maximum atomic E-state index is 17.1. The summed E-state index contributed by atoms with van der Waals surface area (Å²) in [4.78, 5) is 4.02. The van der Waals surface area contributed by atoms with E-state index >= 15 is 4.39 Å². The van der Waals surface area contributed by atoms with E-state index in [1.807, 2.05) is 0 Å². The van der Waals surface area contributed by atoms with Crippen LogP contribution in [-0.4, -0.2) is 34.6 Å². The molecule has 0 fully saturated rings. The van der Waals surface area contributed by atoms with Crippen molar-refractivity contribution in [2.75, 3.05) is 0 Å². The molecule has 0 bridgehead atoms. The van der Waals surface area contributed by atoms with Crippen LogP contribution in [0.1, 0.15) is 61.0 Å². The summed E-state index contributed by atoms with van der Waals surface area (Å²) in [5.41, 5.74) is 0.326. The predicted molar refractivity (Wildman–Crippen MR) is 120 cm³/mol. The summed E-state index contributed by atoms with van der Waals surface area (Å²) < 4.78 is 67.7. The van der Waals surface area contributed by atoms with E-state index in [0.29, 0.717) is 10.0 Å². The van der Waals surface area contributed by atoms with E-state index < -0.39 is 51.2 Å². The molecule has 0 atom stereocenters. The lowest BCUT2D eigenvalue weighted by atomic mass is 10.2. The summed E-state index contributed by atoms with van der Waals surface area (Å²) >= 11 is 3.28. The highest BCUT2D eigenvalue weighted by molar-refractivity contribution is 9.10. The lowest BCUT2D eigenvalue weighted by Gasteiger charge is -2.39. The van der Waals surface area contributed by atoms with Gasteiger partial charge in [-0.05, 0) is 82.9 Å². The molecular formula is C19H33BrFNO6P2. The molecule has 1 aromatic heterocycles. The molecule has 0 N–H and O–H groups in total. The number of hydrogen-bond acceptors (Lipinski definition) is 7. The number of aromatic nitrogens is 1. The summed E-state index contributed by atoms with van der Waals surface area (Å²) in [6, 6.07) is 1.59. The Morgan fingerprint density at radius 3 is 1.53 bits per heavy atom. The van der Waals surface area contributed by atoms with Crippen molar-refractivity contribution in [1.29, 1.82) is 0 Å². The topological polar surface area (TPSA) is 84.0 Å². The number of halogens is 2. The number of rotatable bonds is 12. The van der Waals surface area contributed by atoms with Crippen molar-refractivity contribution >= 4 is 31.1 Å². The van der Waals surface area contributed by atoms with Crippen LogP contribution in [-0.2, 0) is 33.6 Å². The molecule has 0 saturated heterocycles. The van der Waals surface area contributed by atoms with E-state index in [-0.39, 0.29) is 0 Å². The van der Waals surface area contributed by atoms with Gasteiger partial charge in [0.2, 0.25) is 0 Å². The molecule has 0 unspecified atom stereocenters. The highest BCUT2D eigenvalue weighted by Gasteiger charge is 2.68. The van der Waals surface area contributed by atoms with Gasteiger partial charge >= 0.3 is 20.3 Å². The molecule has 0 amide bonds. The Labute approximate surface area is 187 Å². The number of pyridine rings is 1. The third-order valence-corrected chi connectivity index (χ3v) is 10.1. The van der Waals surface area contributed by atoms with Crippen molar-refractivity contribution in [3.05, 3.63) is 28.5 Å². The van der Waals surface area contributed by atoms with Crippen molar-refractivity contribution in [2.24, 2.45) is 0 Å². The van der Waals surface area contributed by atoms with Gasteiger partial charge in [0.25, 0.3) is 0 Å². The summed E-state index contributed by atoms with van der Waals surface area (Å²) in [5, 5.41) is -3.11. The highest BCUT2D eigenvalue weighted by atomic mass is 79.9. The first-order valence-corrected chi connectivity index (χ1v) is 13.7. The number of nitrogens with zero attached hydrogens (tertiary/aromatic N) is 1. The Balaban J connectivity index is 3.77. The fourth-order valence-electron chi connectivity index (χ4n) is 2.64. The van der Waals surface area contributed by atoms with Gasteiger partial charge in [-0.25, -0.2) is 4.39 Å². The SMILES string of the molecule is CC(C)OP(=O)(OC(C)C)C(F)(Cc1cncc(Br)c1)P(=O)(OC(C)C)OC(C)C. The van der Waals surface area contributed by atoms with Crippen LogP contribution in [0.15, 0.2) is 22.9 Å². The van der Waals surface area contributed by atoms with Gasteiger partial charge in [0.15, 0.2) is 0 Å². The van der Waals surface area contributed by atoms with Crippen molar-refractivity contribution in [3.63, 3.8) is 0 Å². The van der Waals surface area contributed by atoms with Gasteiger partial charge in [0.1, 0.15) is 0 Å². The Hall–Kier alpha value is -0.140. The van der Waals surface area contributed by atoms with Crippen LogP contribution in [0, 0.1) is 0 Å². The van der Waals surface area contributed by atoms with Crippen molar-refractivity contribution in [1.82, 2.24) is 4.98 Å². The minimum absolute atomic E-state index is 0.326. The Bertz CT molecular complexity index is 724. The average molecular weight is 532 g/mol. The predicted octanol–water partition coefficient (Wildman–Crippen LogP) is 7.10. The fraction of sp³-hybridized carbons (Fsp3) is 0.737. The van der Waals surface area contributed by atoms with E-state index in [9.17, 15) is 9.13 Å². The molecule has 0 spiro atoms. The summed E-state index contributed by atoms with van der Waals surface area (Å²) in [7, 11) is -9.38. The third-order valence-electron chi connectivity index (χ3n) is 3.43. The van der Waals surface area contributed by atoms with Crippen molar-refractivity contribution in [3.8, 4) is 0 Å². The minimum Gasteiger partial charge on any atom is -0.303 e. The lowest BCUT2D eigenvalue weighted by molar-refractivity contribution is 0.0807. The van der Waals surface area contributed by atoms with Crippen LogP contribution in [0.25, 0.3) is 0 Å². The van der Waals surface area contributed by atoms with Gasteiger partial charge in [0.05, 0.1) is 24.4 Å². The third kappa shape index (κ3) is 7.19. The average Bonchev–Trinajstić information content (AvgIpc) is 2.51. The molecule has 1 heterocycles. The molecule has 0 aliphatic rings. The second-order valence-corrected chi connectivity index (χ2v) is 13.5. The molecule has 30 heavy (non-hydrogen) atoms. The monoisotopic (exact) mass is 531 g/mol. The molecule has 11 heteroatoms. The standard InChI is InChI=1S/C19H33BrFNO6P2/c1-13(2)25-29(23,26-14(3)4)19(21,10-17-9-18(20)12-22-11-17)30(24,27-15(5)6)28-16(7)8/h9,11-16H,10H2,1-8H3. The summed E-state index contributed by atoms with van der Waals surface area (Å²) in [6.45, 7) is 12.7. The van der Waals surface area contributed by atoms with Gasteiger partial charge in [-0.2, -0.15) is 0 Å². The largest absolute Gasteiger partial charge is 0.381 e.